The van der Waals surface area contributed by atoms with Crippen molar-refractivity contribution in [1.82, 2.24) is 0 Å². The SMILES string of the molecule is CC(C)[C@@H](C)[C@@H]1O[C@H]1[C@@H](C)[C@H]1CC[C@H]2C3=CC[C@H]4[C@H](OS(=O)(=O)[O-])[C@@H](O)[C@H](O)C[C@]4(C)[C@H]3CC[C@]12C. The van der Waals surface area contributed by atoms with Gasteiger partial charge in [-0.25, -0.2) is 8.42 Å². The highest BCUT2D eigenvalue weighted by molar-refractivity contribution is 7.80. The molecule has 5 aliphatic rings. The standard InChI is InChI=1S/C28H46O7S/c1-14(2)15(3)24-25(34-24)16(4)18-9-10-19-17-7-8-21-26(35-36(31,32)33)23(30)22(29)13-28(21,6)20(17)11-12-27(18,19)5/h7,14-16,18-26,29-30H,8-13H2,1-6H3,(H,31,32,33)/p-1/t15-,16+,18-,19+,20+,21+,22-,23+,24+,25+,26+,27-,28-/m1/s1. The zero-order valence-electron chi connectivity index (χ0n) is 22.6. The number of allylic oxidation sites excluding steroid dienone is 2. The molecule has 206 valence electrons. The summed E-state index contributed by atoms with van der Waals surface area (Å²) in [5, 5.41) is 21.3. The molecule has 4 fully saturated rings. The Kier molecular flexibility index (Phi) is 6.78. The van der Waals surface area contributed by atoms with E-state index in [-0.39, 0.29) is 17.3 Å². The molecule has 5 rings (SSSR count). The minimum Gasteiger partial charge on any atom is -0.726 e. The fraction of sp³-hybridized carbons (Fsp3) is 0.929. The Bertz CT molecular complexity index is 994. The van der Waals surface area contributed by atoms with Gasteiger partial charge >= 0.3 is 0 Å². The van der Waals surface area contributed by atoms with E-state index in [4.69, 9.17) is 8.92 Å². The highest BCUT2D eigenvalue weighted by Gasteiger charge is 2.63. The topological polar surface area (TPSA) is 119 Å². The van der Waals surface area contributed by atoms with E-state index in [2.05, 4.69) is 47.6 Å². The molecule has 13 atom stereocenters. The highest BCUT2D eigenvalue weighted by Crippen LogP contribution is 2.67. The molecule has 0 bridgehead atoms. The Morgan fingerprint density at radius 3 is 2.36 bits per heavy atom. The lowest BCUT2D eigenvalue weighted by molar-refractivity contribution is -0.165. The van der Waals surface area contributed by atoms with Gasteiger partial charge in [0.25, 0.3) is 0 Å². The quantitative estimate of drug-likeness (QED) is 0.232. The van der Waals surface area contributed by atoms with Gasteiger partial charge in [-0.15, -0.1) is 0 Å². The summed E-state index contributed by atoms with van der Waals surface area (Å²) >= 11 is 0. The summed E-state index contributed by atoms with van der Waals surface area (Å²) in [6, 6.07) is 0. The van der Waals surface area contributed by atoms with Crippen molar-refractivity contribution >= 4 is 10.4 Å². The summed E-state index contributed by atoms with van der Waals surface area (Å²) < 4.78 is 45.5. The van der Waals surface area contributed by atoms with Crippen LogP contribution in [0.15, 0.2) is 11.6 Å². The van der Waals surface area contributed by atoms with Gasteiger partial charge in [0.1, 0.15) is 12.2 Å². The van der Waals surface area contributed by atoms with Gasteiger partial charge in [-0.3, -0.25) is 4.18 Å². The van der Waals surface area contributed by atoms with E-state index in [0.29, 0.717) is 54.6 Å². The van der Waals surface area contributed by atoms with Crippen LogP contribution in [0, 0.1) is 52.3 Å². The largest absolute Gasteiger partial charge is 0.726 e. The highest BCUT2D eigenvalue weighted by atomic mass is 32.3. The van der Waals surface area contributed by atoms with Gasteiger partial charge in [-0.2, -0.15) is 0 Å². The van der Waals surface area contributed by atoms with Gasteiger partial charge in [0.2, 0.25) is 10.4 Å². The lowest BCUT2D eigenvalue weighted by Gasteiger charge is -2.59. The Morgan fingerprint density at radius 2 is 1.72 bits per heavy atom. The van der Waals surface area contributed by atoms with Gasteiger partial charge in [-0.1, -0.05) is 53.2 Å². The Morgan fingerprint density at radius 1 is 1.06 bits per heavy atom. The number of rotatable bonds is 6. The van der Waals surface area contributed by atoms with Crippen LogP contribution in [-0.4, -0.2) is 53.7 Å². The second kappa shape index (κ2) is 9.02. The molecule has 36 heavy (non-hydrogen) atoms. The molecule has 2 N–H and O–H groups in total. The third-order valence-corrected chi connectivity index (χ3v) is 12.2. The van der Waals surface area contributed by atoms with Crippen molar-refractivity contribution in [3.63, 3.8) is 0 Å². The third kappa shape index (κ3) is 4.22. The zero-order valence-corrected chi connectivity index (χ0v) is 23.4. The molecule has 0 radical (unpaired) electrons. The number of hydrogen-bond acceptors (Lipinski definition) is 7. The Labute approximate surface area is 217 Å². The molecule has 0 aromatic rings. The average molecular weight is 526 g/mol. The molecule has 0 amide bonds. The molecule has 0 aromatic heterocycles. The molecule has 0 aromatic carbocycles. The maximum atomic E-state index is 11.5. The first-order valence-electron chi connectivity index (χ1n) is 14.0. The van der Waals surface area contributed by atoms with Crippen LogP contribution >= 0.6 is 0 Å². The van der Waals surface area contributed by atoms with E-state index < -0.39 is 34.1 Å². The average Bonchev–Trinajstić information content (AvgIpc) is 3.49. The van der Waals surface area contributed by atoms with Crippen molar-refractivity contribution in [2.75, 3.05) is 0 Å². The van der Waals surface area contributed by atoms with E-state index >= 15 is 0 Å². The summed E-state index contributed by atoms with van der Waals surface area (Å²) in [6.45, 7) is 13.8. The molecule has 0 unspecified atom stereocenters. The summed E-state index contributed by atoms with van der Waals surface area (Å²) in [5.41, 5.74) is 1.22. The number of epoxide rings is 1. The molecule has 1 saturated heterocycles. The number of aliphatic hydroxyl groups excluding tert-OH is 2. The molecular formula is C28H45O7S-. The molecule has 8 heteroatoms. The minimum absolute atomic E-state index is 0.192. The van der Waals surface area contributed by atoms with Crippen LogP contribution in [0.5, 0.6) is 0 Å². The smallest absolute Gasteiger partial charge is 0.218 e. The summed E-state index contributed by atoms with van der Waals surface area (Å²) in [7, 11) is -5.00. The van der Waals surface area contributed by atoms with Crippen LogP contribution in [0.4, 0.5) is 0 Å². The lowest BCUT2D eigenvalue weighted by atomic mass is 9.47. The van der Waals surface area contributed by atoms with Gasteiger partial charge in [-0.05, 0) is 90.8 Å². The zero-order chi connectivity index (χ0) is 26.4. The second-order valence-electron chi connectivity index (χ2n) is 13.6. The van der Waals surface area contributed by atoms with Crippen molar-refractivity contribution in [3.8, 4) is 0 Å². The van der Waals surface area contributed by atoms with E-state index in [1.54, 1.807) is 0 Å². The summed E-state index contributed by atoms with van der Waals surface area (Å²) in [5.74, 6) is 2.63. The van der Waals surface area contributed by atoms with Crippen molar-refractivity contribution < 1.29 is 32.1 Å². The Balaban J connectivity index is 1.39. The van der Waals surface area contributed by atoms with Crippen LogP contribution in [-0.2, 0) is 19.3 Å². The van der Waals surface area contributed by atoms with E-state index in [1.165, 1.54) is 12.0 Å². The van der Waals surface area contributed by atoms with Crippen LogP contribution < -0.4 is 0 Å². The first kappa shape index (κ1) is 27.1. The monoisotopic (exact) mass is 525 g/mol. The van der Waals surface area contributed by atoms with Crippen molar-refractivity contribution in [2.24, 2.45) is 52.3 Å². The van der Waals surface area contributed by atoms with Gasteiger partial charge in [0.15, 0.2) is 0 Å². The molecular weight excluding hydrogens is 480 g/mol. The normalized spacial score (nSPS) is 50.1. The predicted octanol–water partition coefficient (Wildman–Crippen LogP) is 4.05. The van der Waals surface area contributed by atoms with E-state index in [1.807, 2.05) is 0 Å². The van der Waals surface area contributed by atoms with Gasteiger partial charge in [0, 0.05) is 0 Å². The van der Waals surface area contributed by atoms with Crippen LogP contribution in [0.25, 0.3) is 0 Å². The minimum atomic E-state index is -5.00. The predicted molar refractivity (Wildman–Crippen MR) is 134 cm³/mol. The molecule has 3 saturated carbocycles. The fourth-order valence-corrected chi connectivity index (χ4v) is 9.89. The maximum absolute atomic E-state index is 11.5. The number of aliphatic hydroxyl groups is 2. The molecule has 7 nitrogen and oxygen atoms in total. The van der Waals surface area contributed by atoms with Crippen molar-refractivity contribution in [1.29, 1.82) is 0 Å². The number of hydrogen-bond donors (Lipinski definition) is 2. The Hall–Kier alpha value is -0.510. The molecule has 1 aliphatic heterocycles. The van der Waals surface area contributed by atoms with Gasteiger partial charge in [0.05, 0.1) is 18.3 Å². The number of ether oxygens (including phenoxy) is 1. The second-order valence-corrected chi connectivity index (χ2v) is 14.7. The summed E-state index contributed by atoms with van der Waals surface area (Å²) in [6.07, 6.45) is 4.60. The van der Waals surface area contributed by atoms with Crippen molar-refractivity contribution in [2.45, 2.75) is 111 Å². The van der Waals surface area contributed by atoms with Crippen LogP contribution in [0.2, 0.25) is 0 Å². The third-order valence-electron chi connectivity index (χ3n) is 11.7. The first-order chi connectivity index (χ1) is 16.7. The first-order valence-corrected chi connectivity index (χ1v) is 15.4. The van der Waals surface area contributed by atoms with Crippen LogP contribution in [0.3, 0.4) is 0 Å². The van der Waals surface area contributed by atoms with Crippen molar-refractivity contribution in [3.05, 3.63) is 11.6 Å². The molecule has 4 aliphatic carbocycles. The van der Waals surface area contributed by atoms with Gasteiger partial charge < -0.3 is 19.5 Å². The number of fused-ring (bicyclic) bond motifs is 5. The summed E-state index contributed by atoms with van der Waals surface area (Å²) in [4.78, 5) is 0. The molecule has 1 heterocycles. The van der Waals surface area contributed by atoms with E-state index in [9.17, 15) is 23.2 Å². The maximum Gasteiger partial charge on any atom is 0.218 e. The molecule has 0 spiro atoms. The van der Waals surface area contributed by atoms with Crippen LogP contribution in [0.1, 0.15) is 80.1 Å². The lowest BCUT2D eigenvalue weighted by Crippen LogP contribution is -2.60. The fourth-order valence-electron chi connectivity index (χ4n) is 9.37. The van der Waals surface area contributed by atoms with E-state index in [0.717, 1.165) is 19.3 Å².